The third-order valence-electron chi connectivity index (χ3n) is 2.59. The van der Waals surface area contributed by atoms with Gasteiger partial charge in [-0.15, -0.1) is 5.10 Å². The van der Waals surface area contributed by atoms with Crippen molar-refractivity contribution in [3.63, 3.8) is 0 Å². The molecule has 0 aliphatic heterocycles. The highest BCUT2D eigenvalue weighted by Crippen LogP contribution is 2.20. The lowest BCUT2D eigenvalue weighted by Crippen LogP contribution is -2.21. The highest BCUT2D eigenvalue weighted by molar-refractivity contribution is 5.11. The van der Waals surface area contributed by atoms with Gasteiger partial charge in [-0.25, -0.2) is 4.68 Å². The van der Waals surface area contributed by atoms with Gasteiger partial charge in [0.25, 0.3) is 0 Å². The van der Waals surface area contributed by atoms with Gasteiger partial charge in [0.05, 0.1) is 11.4 Å². The second-order valence-electron chi connectivity index (χ2n) is 4.73. The van der Waals surface area contributed by atoms with Gasteiger partial charge in [-0.05, 0) is 25.3 Å². The first-order valence-electron chi connectivity index (χ1n) is 6.01. The van der Waals surface area contributed by atoms with Gasteiger partial charge in [0.2, 0.25) is 0 Å². The standard InChI is InChI=1S/C11H19F3N4/c1-8(2)3-4-10-9(5-6-15)16-17-18(10)7-11(12,13)14/h8H,3-7,15H2,1-2H3. The van der Waals surface area contributed by atoms with Crippen LogP contribution in [0.15, 0.2) is 0 Å². The zero-order valence-corrected chi connectivity index (χ0v) is 10.7. The number of rotatable bonds is 6. The van der Waals surface area contributed by atoms with Crippen LogP contribution in [0, 0.1) is 5.92 Å². The molecule has 0 atom stereocenters. The van der Waals surface area contributed by atoms with Crippen molar-refractivity contribution < 1.29 is 13.2 Å². The number of nitrogens with two attached hydrogens (primary N) is 1. The lowest BCUT2D eigenvalue weighted by molar-refractivity contribution is -0.143. The summed E-state index contributed by atoms with van der Waals surface area (Å²) in [5.74, 6) is 0.421. The van der Waals surface area contributed by atoms with Crippen LogP contribution in [-0.4, -0.2) is 27.7 Å². The van der Waals surface area contributed by atoms with Crippen molar-refractivity contribution in [1.29, 1.82) is 0 Å². The summed E-state index contributed by atoms with van der Waals surface area (Å²) in [6.45, 7) is 3.33. The van der Waals surface area contributed by atoms with E-state index in [1.165, 1.54) is 0 Å². The van der Waals surface area contributed by atoms with Gasteiger partial charge < -0.3 is 5.73 Å². The lowest BCUT2D eigenvalue weighted by atomic mass is 10.0. The average Bonchev–Trinajstić information content (AvgIpc) is 2.56. The molecular weight excluding hydrogens is 245 g/mol. The highest BCUT2D eigenvalue weighted by Gasteiger charge is 2.30. The van der Waals surface area contributed by atoms with Crippen LogP contribution in [0.5, 0.6) is 0 Å². The molecule has 0 amide bonds. The maximum atomic E-state index is 12.4. The van der Waals surface area contributed by atoms with Crippen molar-refractivity contribution >= 4 is 0 Å². The molecule has 0 saturated carbocycles. The van der Waals surface area contributed by atoms with Crippen molar-refractivity contribution in [3.8, 4) is 0 Å². The largest absolute Gasteiger partial charge is 0.408 e. The monoisotopic (exact) mass is 264 g/mol. The Bertz CT molecular complexity index is 371. The molecule has 0 spiro atoms. The molecule has 1 aromatic heterocycles. The van der Waals surface area contributed by atoms with Gasteiger partial charge in [0, 0.05) is 6.42 Å². The normalized spacial score (nSPS) is 12.4. The molecular formula is C11H19F3N4. The number of hydrogen-bond acceptors (Lipinski definition) is 3. The SMILES string of the molecule is CC(C)CCc1c(CCN)nnn1CC(F)(F)F. The van der Waals surface area contributed by atoms with E-state index in [9.17, 15) is 13.2 Å². The molecule has 0 aromatic carbocycles. The predicted octanol–water partition coefficient (Wildman–Crippen LogP) is 1.93. The number of alkyl halides is 3. The van der Waals surface area contributed by atoms with E-state index in [4.69, 9.17) is 5.73 Å². The molecule has 0 aliphatic rings. The van der Waals surface area contributed by atoms with E-state index in [0.29, 0.717) is 36.7 Å². The summed E-state index contributed by atoms with van der Waals surface area (Å²) in [5.41, 5.74) is 6.57. The Hall–Kier alpha value is -1.11. The van der Waals surface area contributed by atoms with Gasteiger partial charge >= 0.3 is 6.18 Å². The number of aromatic nitrogens is 3. The molecule has 1 heterocycles. The van der Waals surface area contributed by atoms with Crippen molar-refractivity contribution in [2.24, 2.45) is 11.7 Å². The molecule has 0 aliphatic carbocycles. The van der Waals surface area contributed by atoms with Crippen LogP contribution in [-0.2, 0) is 19.4 Å². The zero-order valence-electron chi connectivity index (χ0n) is 10.7. The Kier molecular flexibility index (Phi) is 5.13. The van der Waals surface area contributed by atoms with Crippen molar-refractivity contribution in [2.45, 2.75) is 45.8 Å². The van der Waals surface area contributed by atoms with Crippen LogP contribution in [0.1, 0.15) is 31.7 Å². The van der Waals surface area contributed by atoms with E-state index in [2.05, 4.69) is 10.3 Å². The van der Waals surface area contributed by atoms with E-state index in [0.717, 1.165) is 11.1 Å². The topological polar surface area (TPSA) is 56.7 Å². The van der Waals surface area contributed by atoms with Crippen molar-refractivity contribution in [2.75, 3.05) is 6.54 Å². The van der Waals surface area contributed by atoms with Crippen LogP contribution in [0.4, 0.5) is 13.2 Å². The van der Waals surface area contributed by atoms with Crippen LogP contribution < -0.4 is 5.73 Å². The Morgan fingerprint density at radius 2 is 1.94 bits per heavy atom. The highest BCUT2D eigenvalue weighted by atomic mass is 19.4. The summed E-state index contributed by atoms with van der Waals surface area (Å²) >= 11 is 0. The number of hydrogen-bond donors (Lipinski definition) is 1. The lowest BCUT2D eigenvalue weighted by Gasteiger charge is -2.11. The first-order valence-corrected chi connectivity index (χ1v) is 6.01. The number of nitrogens with zero attached hydrogens (tertiary/aromatic N) is 3. The van der Waals surface area contributed by atoms with E-state index in [-0.39, 0.29) is 0 Å². The molecule has 0 fully saturated rings. The molecule has 1 rings (SSSR count). The minimum absolute atomic E-state index is 0.361. The minimum Gasteiger partial charge on any atom is -0.330 e. The van der Waals surface area contributed by atoms with Gasteiger partial charge in [0.1, 0.15) is 6.54 Å². The molecule has 4 nitrogen and oxygen atoms in total. The third-order valence-corrected chi connectivity index (χ3v) is 2.59. The fraction of sp³-hybridized carbons (Fsp3) is 0.818. The Labute approximate surface area is 104 Å². The Morgan fingerprint density at radius 1 is 1.28 bits per heavy atom. The Balaban J connectivity index is 2.88. The van der Waals surface area contributed by atoms with E-state index >= 15 is 0 Å². The predicted molar refractivity (Wildman–Crippen MR) is 62.0 cm³/mol. The van der Waals surface area contributed by atoms with Crippen molar-refractivity contribution in [3.05, 3.63) is 11.4 Å². The average molecular weight is 264 g/mol. The van der Waals surface area contributed by atoms with E-state index in [1.54, 1.807) is 0 Å². The summed E-state index contributed by atoms with van der Waals surface area (Å²) in [6.07, 6.45) is -2.45. The first-order chi connectivity index (χ1) is 8.33. The van der Waals surface area contributed by atoms with Crippen LogP contribution in [0.3, 0.4) is 0 Å². The number of halogens is 3. The van der Waals surface area contributed by atoms with E-state index < -0.39 is 12.7 Å². The molecule has 1 aromatic rings. The van der Waals surface area contributed by atoms with Gasteiger partial charge in [0.15, 0.2) is 0 Å². The maximum Gasteiger partial charge on any atom is 0.408 e. The molecule has 0 radical (unpaired) electrons. The van der Waals surface area contributed by atoms with Gasteiger partial charge in [-0.3, -0.25) is 0 Å². The van der Waals surface area contributed by atoms with Crippen LogP contribution in [0.25, 0.3) is 0 Å². The minimum atomic E-state index is -4.28. The fourth-order valence-corrected chi connectivity index (χ4v) is 1.70. The molecule has 104 valence electrons. The second-order valence-corrected chi connectivity index (χ2v) is 4.73. The van der Waals surface area contributed by atoms with Crippen molar-refractivity contribution in [1.82, 2.24) is 15.0 Å². The van der Waals surface area contributed by atoms with E-state index in [1.807, 2.05) is 13.8 Å². The quantitative estimate of drug-likeness (QED) is 0.854. The van der Waals surface area contributed by atoms with Crippen LogP contribution in [0.2, 0.25) is 0 Å². The second kappa shape index (κ2) is 6.17. The summed E-state index contributed by atoms with van der Waals surface area (Å²) in [5, 5.41) is 7.39. The molecule has 0 saturated heterocycles. The summed E-state index contributed by atoms with van der Waals surface area (Å²) < 4.78 is 38.2. The molecule has 7 heteroatoms. The Morgan fingerprint density at radius 3 is 2.44 bits per heavy atom. The summed E-state index contributed by atoms with van der Waals surface area (Å²) in [6, 6.07) is 0. The molecule has 18 heavy (non-hydrogen) atoms. The molecule has 0 bridgehead atoms. The first kappa shape index (κ1) is 14.9. The maximum absolute atomic E-state index is 12.4. The van der Waals surface area contributed by atoms with Crippen LogP contribution >= 0.6 is 0 Å². The summed E-state index contributed by atoms with van der Waals surface area (Å²) in [4.78, 5) is 0. The van der Waals surface area contributed by atoms with Gasteiger partial charge in [-0.1, -0.05) is 19.1 Å². The molecule has 2 N–H and O–H groups in total. The summed E-state index contributed by atoms with van der Waals surface area (Å²) in [7, 11) is 0. The molecule has 0 unspecified atom stereocenters. The smallest absolute Gasteiger partial charge is 0.330 e. The zero-order chi connectivity index (χ0) is 13.8. The fourth-order valence-electron chi connectivity index (χ4n) is 1.70. The van der Waals surface area contributed by atoms with Gasteiger partial charge in [-0.2, -0.15) is 13.2 Å². The third kappa shape index (κ3) is 4.64.